The van der Waals surface area contributed by atoms with E-state index in [0.29, 0.717) is 15.9 Å². The van der Waals surface area contributed by atoms with Crippen LogP contribution in [0.15, 0.2) is 33.4 Å². The molecule has 0 radical (unpaired) electrons. The van der Waals surface area contributed by atoms with Gasteiger partial charge in [-0.15, -0.1) is 0 Å². The first-order valence-corrected chi connectivity index (χ1v) is 8.72. The van der Waals surface area contributed by atoms with E-state index in [2.05, 4.69) is 20.9 Å². The van der Waals surface area contributed by atoms with Crippen molar-refractivity contribution in [3.8, 4) is 5.75 Å². The Morgan fingerprint density at radius 3 is 2.90 bits per heavy atom. The molecule has 0 atom stereocenters. The Kier molecular flexibility index (Phi) is 5.66. The highest BCUT2D eigenvalue weighted by molar-refractivity contribution is 9.10. The van der Waals surface area contributed by atoms with Gasteiger partial charge in [-0.1, -0.05) is 24.8 Å². The van der Waals surface area contributed by atoms with Crippen molar-refractivity contribution in [3.63, 3.8) is 0 Å². The lowest BCUT2D eigenvalue weighted by Crippen LogP contribution is -2.01. The minimum atomic E-state index is -0.380. The van der Waals surface area contributed by atoms with Gasteiger partial charge in [-0.25, -0.2) is 4.99 Å². The number of benzene rings is 1. The largest absolute Gasteiger partial charge is 0.426 e. The predicted molar refractivity (Wildman–Crippen MR) is 91.6 cm³/mol. The molecule has 1 aromatic carbocycles. The Hall–Kier alpha value is -1.05. The highest BCUT2D eigenvalue weighted by atomic mass is 79.9. The summed E-state index contributed by atoms with van der Waals surface area (Å²) >= 11 is 6.05. The lowest BCUT2D eigenvalue weighted by Gasteiger charge is -2.04. The zero-order valence-electron chi connectivity index (χ0n) is 11.4. The molecule has 110 valence electrons. The van der Waals surface area contributed by atoms with Crippen LogP contribution in [-0.4, -0.2) is 21.2 Å². The summed E-state index contributed by atoms with van der Waals surface area (Å²) < 4.78 is 6.46. The van der Waals surface area contributed by atoms with Crippen LogP contribution in [0.4, 0.5) is 0 Å². The molecule has 7 heteroatoms. The van der Waals surface area contributed by atoms with Gasteiger partial charge in [0.2, 0.25) is 5.12 Å². The average molecular weight is 386 g/mol. The summed E-state index contributed by atoms with van der Waals surface area (Å²) in [6, 6.07) is 5.23. The Morgan fingerprint density at radius 1 is 1.52 bits per heavy atom. The third-order valence-electron chi connectivity index (χ3n) is 2.38. The van der Waals surface area contributed by atoms with Crippen LogP contribution in [0.2, 0.25) is 0 Å². The van der Waals surface area contributed by atoms with Gasteiger partial charge in [0.05, 0.1) is 4.47 Å². The summed E-state index contributed by atoms with van der Waals surface area (Å²) in [5.74, 6) is 0.951. The van der Waals surface area contributed by atoms with Gasteiger partial charge in [-0.2, -0.15) is 0 Å². The van der Waals surface area contributed by atoms with E-state index < -0.39 is 0 Å². The third-order valence-corrected chi connectivity index (χ3v) is 4.89. The quantitative estimate of drug-likeness (QED) is 0.445. The first-order chi connectivity index (χ1) is 9.99. The standard InChI is InChI=1S/C14H12BrNO3S2/c1-3-20-14-16-11(13(18)21-14)7-9-4-5-12(10(15)6-9)19-8(2)17/h4-7H,3H2,1-2H3/b11-7+. The van der Waals surface area contributed by atoms with Crippen molar-refractivity contribution in [1.29, 1.82) is 0 Å². The minimum Gasteiger partial charge on any atom is -0.426 e. The van der Waals surface area contributed by atoms with E-state index in [-0.39, 0.29) is 11.1 Å². The summed E-state index contributed by atoms with van der Waals surface area (Å²) in [6.45, 7) is 3.36. The van der Waals surface area contributed by atoms with Crippen LogP contribution in [0, 0.1) is 0 Å². The number of carbonyl (C=O) groups excluding carboxylic acids is 2. The maximum atomic E-state index is 11.8. The second-order valence-electron chi connectivity index (χ2n) is 4.01. The van der Waals surface area contributed by atoms with Gasteiger partial charge >= 0.3 is 5.97 Å². The molecule has 21 heavy (non-hydrogen) atoms. The number of ether oxygens (including phenoxy) is 1. The van der Waals surface area contributed by atoms with E-state index in [0.717, 1.165) is 27.5 Å². The Balaban J connectivity index is 2.23. The zero-order chi connectivity index (χ0) is 15.4. The number of carbonyl (C=O) groups is 2. The van der Waals surface area contributed by atoms with Gasteiger partial charge in [0, 0.05) is 6.92 Å². The molecule has 0 bridgehead atoms. The Morgan fingerprint density at radius 2 is 2.29 bits per heavy atom. The molecule has 0 unspecified atom stereocenters. The molecule has 4 nitrogen and oxygen atoms in total. The van der Waals surface area contributed by atoms with Crippen molar-refractivity contribution < 1.29 is 14.3 Å². The minimum absolute atomic E-state index is 0.0499. The summed E-state index contributed by atoms with van der Waals surface area (Å²) in [4.78, 5) is 27.1. The maximum absolute atomic E-state index is 11.8. The number of esters is 1. The SMILES string of the molecule is CCSC1=N/C(=C/c2ccc(OC(C)=O)c(Br)c2)C(=O)S1. The molecule has 1 heterocycles. The molecule has 0 fully saturated rings. The predicted octanol–water partition coefficient (Wildman–Crippen LogP) is 4.10. The fourth-order valence-corrected chi connectivity index (χ4v) is 3.79. The number of hydrogen-bond acceptors (Lipinski definition) is 6. The van der Waals surface area contributed by atoms with Gasteiger partial charge in [0.15, 0.2) is 0 Å². The molecule has 0 spiro atoms. The topological polar surface area (TPSA) is 55.7 Å². The van der Waals surface area contributed by atoms with Crippen LogP contribution in [0.1, 0.15) is 19.4 Å². The molecule has 1 aliphatic heterocycles. The monoisotopic (exact) mass is 385 g/mol. The smallest absolute Gasteiger partial charge is 0.308 e. The second-order valence-corrected chi connectivity index (χ2v) is 7.34. The van der Waals surface area contributed by atoms with Crippen molar-refractivity contribution in [1.82, 2.24) is 0 Å². The number of rotatable bonds is 3. The van der Waals surface area contributed by atoms with Crippen LogP contribution >= 0.6 is 39.5 Å². The molecule has 0 saturated heterocycles. The number of hydrogen-bond donors (Lipinski definition) is 0. The van der Waals surface area contributed by atoms with Crippen molar-refractivity contribution in [2.45, 2.75) is 13.8 Å². The molecule has 0 aromatic heterocycles. The van der Waals surface area contributed by atoms with E-state index in [1.165, 1.54) is 6.92 Å². The molecular weight excluding hydrogens is 374 g/mol. The van der Waals surface area contributed by atoms with Crippen molar-refractivity contribution in [2.75, 3.05) is 5.75 Å². The normalized spacial score (nSPS) is 16.2. The fourth-order valence-electron chi connectivity index (χ4n) is 1.58. The summed E-state index contributed by atoms with van der Waals surface area (Å²) in [5, 5.41) is -0.0499. The number of nitrogens with zero attached hydrogens (tertiary/aromatic N) is 1. The van der Waals surface area contributed by atoms with Gasteiger partial charge in [-0.3, -0.25) is 9.59 Å². The Bertz CT molecular complexity index is 656. The van der Waals surface area contributed by atoms with Crippen LogP contribution < -0.4 is 4.74 Å². The van der Waals surface area contributed by atoms with Gasteiger partial charge in [0.25, 0.3) is 0 Å². The molecule has 1 aromatic rings. The molecule has 0 aliphatic carbocycles. The van der Waals surface area contributed by atoms with E-state index >= 15 is 0 Å². The zero-order valence-corrected chi connectivity index (χ0v) is 14.6. The first kappa shape index (κ1) is 16.3. The highest BCUT2D eigenvalue weighted by Crippen LogP contribution is 2.32. The lowest BCUT2D eigenvalue weighted by molar-refractivity contribution is -0.131. The summed E-state index contributed by atoms with van der Waals surface area (Å²) in [5.41, 5.74) is 1.25. The van der Waals surface area contributed by atoms with Crippen LogP contribution in [0.3, 0.4) is 0 Å². The number of aliphatic imine (C=N–C) groups is 1. The fraction of sp³-hybridized carbons (Fsp3) is 0.214. The average Bonchev–Trinajstić information content (AvgIpc) is 2.73. The molecule has 1 aliphatic rings. The van der Waals surface area contributed by atoms with Crippen LogP contribution in [0.25, 0.3) is 6.08 Å². The maximum Gasteiger partial charge on any atom is 0.308 e. The lowest BCUT2D eigenvalue weighted by atomic mass is 10.2. The van der Waals surface area contributed by atoms with Gasteiger partial charge in [-0.05, 0) is 57.2 Å². The van der Waals surface area contributed by atoms with E-state index in [9.17, 15) is 9.59 Å². The summed E-state index contributed by atoms with van der Waals surface area (Å²) in [6.07, 6.45) is 1.72. The van der Waals surface area contributed by atoms with E-state index in [1.807, 2.05) is 6.92 Å². The molecule has 0 saturated carbocycles. The number of thioether (sulfide) groups is 2. The van der Waals surface area contributed by atoms with Crippen molar-refractivity contribution in [3.05, 3.63) is 33.9 Å². The molecule has 0 amide bonds. The third kappa shape index (κ3) is 4.46. The van der Waals surface area contributed by atoms with Crippen LogP contribution in [-0.2, 0) is 9.59 Å². The molecule has 0 N–H and O–H groups in total. The number of halogens is 1. The van der Waals surface area contributed by atoms with Crippen LogP contribution in [0.5, 0.6) is 5.75 Å². The van der Waals surface area contributed by atoms with E-state index in [1.54, 1.807) is 36.0 Å². The molecule has 2 rings (SSSR count). The second kappa shape index (κ2) is 7.29. The van der Waals surface area contributed by atoms with Gasteiger partial charge < -0.3 is 4.74 Å². The van der Waals surface area contributed by atoms with Gasteiger partial charge in [0.1, 0.15) is 15.8 Å². The molecular formula is C14H12BrNO3S2. The van der Waals surface area contributed by atoms with E-state index in [4.69, 9.17) is 4.74 Å². The Labute approximate surface area is 139 Å². The van der Waals surface area contributed by atoms with Crippen molar-refractivity contribution in [2.24, 2.45) is 4.99 Å². The van der Waals surface area contributed by atoms with Crippen molar-refractivity contribution >= 4 is 61.0 Å². The summed E-state index contributed by atoms with van der Waals surface area (Å²) in [7, 11) is 0. The first-order valence-electron chi connectivity index (χ1n) is 6.13. The highest BCUT2D eigenvalue weighted by Gasteiger charge is 2.21.